The number of anilines is 1. The zero-order chi connectivity index (χ0) is 23.2. The van der Waals surface area contributed by atoms with Gasteiger partial charge in [0.2, 0.25) is 5.91 Å². The molecule has 33 heavy (non-hydrogen) atoms. The first-order chi connectivity index (χ1) is 16.0. The number of aryl methyl sites for hydroxylation is 1. The van der Waals surface area contributed by atoms with Crippen LogP contribution >= 0.6 is 11.3 Å². The summed E-state index contributed by atoms with van der Waals surface area (Å²) in [4.78, 5) is 21.7. The Bertz CT molecular complexity index is 1050. The Morgan fingerprint density at radius 1 is 1.18 bits per heavy atom. The van der Waals surface area contributed by atoms with E-state index in [2.05, 4.69) is 15.3 Å². The van der Waals surface area contributed by atoms with Crippen LogP contribution in [0.4, 0.5) is 5.13 Å². The van der Waals surface area contributed by atoms with Gasteiger partial charge in [0.15, 0.2) is 10.8 Å². The third-order valence-corrected chi connectivity index (χ3v) is 7.34. The lowest BCUT2D eigenvalue weighted by atomic mass is 10.2. The molecule has 3 aromatic rings. The number of hydrogen-bond acceptors (Lipinski definition) is 7. The molecule has 3 heterocycles. The maximum absolute atomic E-state index is 12.5. The summed E-state index contributed by atoms with van der Waals surface area (Å²) >= 11 is 1.57. The van der Waals surface area contributed by atoms with Gasteiger partial charge in [-0.2, -0.15) is 10.1 Å². The number of amides is 1. The highest BCUT2D eigenvalue weighted by atomic mass is 32.1. The van der Waals surface area contributed by atoms with E-state index in [1.54, 1.807) is 18.4 Å². The average Bonchev–Trinajstić information content (AvgIpc) is 3.27. The first-order valence-corrected chi connectivity index (χ1v) is 12.6. The minimum absolute atomic E-state index is 0.0288. The number of fused-ring (bicyclic) bond motifs is 1. The molecule has 1 amide bonds. The third kappa shape index (κ3) is 5.83. The molecule has 0 bridgehead atoms. The van der Waals surface area contributed by atoms with Crippen molar-refractivity contribution >= 4 is 32.7 Å². The zero-order valence-corrected chi connectivity index (χ0v) is 20.7. The number of nitrogens with zero attached hydrogens (tertiary/aromatic N) is 5. The van der Waals surface area contributed by atoms with Crippen LogP contribution < -0.4 is 15.0 Å². The maximum Gasteiger partial charge on any atom is 0.239 e. The number of likely N-dealkylation sites (tertiary alicyclic amines) is 1. The lowest BCUT2D eigenvalue weighted by molar-refractivity contribution is -0.119. The van der Waals surface area contributed by atoms with Crippen LogP contribution in [0.3, 0.4) is 0 Å². The molecule has 0 spiro atoms. The van der Waals surface area contributed by atoms with Crippen molar-refractivity contribution < 1.29 is 9.53 Å². The fourth-order valence-corrected chi connectivity index (χ4v) is 5.17. The molecule has 1 saturated heterocycles. The van der Waals surface area contributed by atoms with Crippen LogP contribution in [0.25, 0.3) is 16.0 Å². The summed E-state index contributed by atoms with van der Waals surface area (Å²) in [6.07, 6.45) is 6.30. The van der Waals surface area contributed by atoms with E-state index in [0.717, 1.165) is 45.6 Å². The molecular weight excluding hydrogens is 436 g/mol. The van der Waals surface area contributed by atoms with Crippen molar-refractivity contribution in [2.24, 2.45) is 0 Å². The molecule has 4 rings (SSSR count). The van der Waals surface area contributed by atoms with Gasteiger partial charge in [-0.05, 0) is 70.1 Å². The Morgan fingerprint density at radius 3 is 2.61 bits per heavy atom. The predicted molar refractivity (Wildman–Crippen MR) is 134 cm³/mol. The SMILES string of the molecule is COc1ccc(-n2nc(C)c3sc(N(C)CC(=O)NCCCN4CCCCCC4)nc32)cc1. The van der Waals surface area contributed by atoms with Gasteiger partial charge in [-0.25, -0.2) is 4.68 Å². The molecule has 1 aromatic carbocycles. The van der Waals surface area contributed by atoms with Crippen molar-refractivity contribution in [2.45, 2.75) is 39.0 Å². The Morgan fingerprint density at radius 2 is 1.91 bits per heavy atom. The van der Waals surface area contributed by atoms with E-state index >= 15 is 0 Å². The number of carbonyl (C=O) groups is 1. The van der Waals surface area contributed by atoms with Gasteiger partial charge in [0.05, 0.1) is 29.7 Å². The lowest BCUT2D eigenvalue weighted by Gasteiger charge is -2.20. The molecule has 1 N–H and O–H groups in total. The first kappa shape index (κ1) is 23.5. The van der Waals surface area contributed by atoms with Gasteiger partial charge >= 0.3 is 0 Å². The Labute approximate surface area is 199 Å². The highest BCUT2D eigenvalue weighted by molar-refractivity contribution is 7.22. The van der Waals surface area contributed by atoms with Crippen molar-refractivity contribution in [2.75, 3.05) is 51.8 Å². The monoisotopic (exact) mass is 470 g/mol. The molecule has 8 nitrogen and oxygen atoms in total. The fourth-order valence-electron chi connectivity index (χ4n) is 4.22. The fraction of sp³-hybridized carbons (Fsp3) is 0.542. The molecule has 9 heteroatoms. The van der Waals surface area contributed by atoms with Crippen molar-refractivity contribution in [3.8, 4) is 11.4 Å². The van der Waals surface area contributed by atoms with Gasteiger partial charge < -0.3 is 19.9 Å². The van der Waals surface area contributed by atoms with E-state index in [0.29, 0.717) is 6.54 Å². The van der Waals surface area contributed by atoms with E-state index in [1.165, 1.54) is 38.8 Å². The summed E-state index contributed by atoms with van der Waals surface area (Å²) in [5.74, 6) is 0.830. The highest BCUT2D eigenvalue weighted by Gasteiger charge is 2.18. The number of likely N-dealkylation sites (N-methyl/N-ethyl adjacent to an activating group) is 1. The molecule has 178 valence electrons. The summed E-state index contributed by atoms with van der Waals surface area (Å²) in [5.41, 5.74) is 2.66. The molecule has 0 radical (unpaired) electrons. The molecule has 1 fully saturated rings. The van der Waals surface area contributed by atoms with E-state index in [-0.39, 0.29) is 12.5 Å². The number of carbonyl (C=O) groups excluding carboxylic acids is 1. The molecule has 1 aliphatic heterocycles. The smallest absolute Gasteiger partial charge is 0.239 e. The topological polar surface area (TPSA) is 75.5 Å². The third-order valence-electron chi connectivity index (χ3n) is 6.07. The number of aromatic nitrogens is 3. The minimum atomic E-state index is 0.0288. The van der Waals surface area contributed by atoms with Crippen LogP contribution in [-0.2, 0) is 4.79 Å². The second kappa shape index (κ2) is 11.0. The number of benzene rings is 1. The summed E-state index contributed by atoms with van der Waals surface area (Å²) in [6, 6.07) is 7.75. The van der Waals surface area contributed by atoms with Gasteiger partial charge in [0.25, 0.3) is 0 Å². The molecule has 0 unspecified atom stereocenters. The second-order valence-corrected chi connectivity index (χ2v) is 9.64. The van der Waals surface area contributed by atoms with Crippen LogP contribution in [0.15, 0.2) is 24.3 Å². The van der Waals surface area contributed by atoms with Crippen LogP contribution in [0.5, 0.6) is 5.75 Å². The minimum Gasteiger partial charge on any atom is -0.497 e. The quantitative estimate of drug-likeness (QED) is 0.482. The van der Waals surface area contributed by atoms with E-state index in [4.69, 9.17) is 9.72 Å². The Kier molecular flexibility index (Phi) is 7.82. The van der Waals surface area contributed by atoms with Crippen LogP contribution in [0.1, 0.15) is 37.8 Å². The maximum atomic E-state index is 12.5. The van der Waals surface area contributed by atoms with Gasteiger partial charge in [-0.15, -0.1) is 0 Å². The zero-order valence-electron chi connectivity index (χ0n) is 19.8. The molecule has 0 aliphatic carbocycles. The van der Waals surface area contributed by atoms with Crippen molar-refractivity contribution in [1.29, 1.82) is 0 Å². The van der Waals surface area contributed by atoms with Gasteiger partial charge in [-0.3, -0.25) is 4.79 Å². The van der Waals surface area contributed by atoms with E-state index in [1.807, 2.05) is 47.8 Å². The summed E-state index contributed by atoms with van der Waals surface area (Å²) in [7, 11) is 3.56. The van der Waals surface area contributed by atoms with Gasteiger partial charge in [-0.1, -0.05) is 24.2 Å². The number of nitrogens with one attached hydrogen (secondary N) is 1. The normalized spacial score (nSPS) is 14.9. The summed E-state index contributed by atoms with van der Waals surface area (Å²) < 4.78 is 8.13. The largest absolute Gasteiger partial charge is 0.497 e. The van der Waals surface area contributed by atoms with Crippen LogP contribution in [0, 0.1) is 6.92 Å². The molecule has 0 atom stereocenters. The van der Waals surface area contributed by atoms with E-state index < -0.39 is 0 Å². The highest BCUT2D eigenvalue weighted by Crippen LogP contribution is 2.32. The number of rotatable bonds is 9. The molecule has 0 saturated carbocycles. The van der Waals surface area contributed by atoms with Crippen LogP contribution in [-0.4, -0.2) is 72.5 Å². The van der Waals surface area contributed by atoms with E-state index in [9.17, 15) is 4.79 Å². The van der Waals surface area contributed by atoms with Crippen LogP contribution in [0.2, 0.25) is 0 Å². The summed E-state index contributed by atoms with van der Waals surface area (Å²) in [6.45, 7) is 6.45. The number of hydrogen-bond donors (Lipinski definition) is 1. The average molecular weight is 471 g/mol. The van der Waals surface area contributed by atoms with Crippen molar-refractivity contribution in [3.05, 3.63) is 30.0 Å². The molecular formula is C24H34N6O2S. The molecule has 1 aliphatic rings. The standard InChI is InChI=1S/C24H34N6O2S/c1-18-22-23(30(27-18)19-9-11-20(32-3)12-10-19)26-24(33-22)28(2)17-21(31)25-13-8-16-29-14-6-4-5-7-15-29/h9-12H,4-8,13-17H2,1-3H3,(H,25,31). The Balaban J connectivity index is 1.33. The van der Waals surface area contributed by atoms with Gasteiger partial charge in [0, 0.05) is 13.6 Å². The number of ether oxygens (including phenoxy) is 1. The lowest BCUT2D eigenvalue weighted by Crippen LogP contribution is -2.36. The van der Waals surface area contributed by atoms with Gasteiger partial charge in [0.1, 0.15) is 5.75 Å². The predicted octanol–water partition coefficient (Wildman–Crippen LogP) is 3.62. The first-order valence-electron chi connectivity index (χ1n) is 11.8. The number of methoxy groups -OCH3 is 1. The second-order valence-electron chi connectivity index (χ2n) is 8.66. The summed E-state index contributed by atoms with van der Waals surface area (Å²) in [5, 5.41) is 8.53. The molecule has 2 aromatic heterocycles. The van der Waals surface area contributed by atoms with Crippen molar-refractivity contribution in [1.82, 2.24) is 25.0 Å². The Hall–Kier alpha value is -2.65. The number of thiazole rings is 1. The van der Waals surface area contributed by atoms with Crippen molar-refractivity contribution in [3.63, 3.8) is 0 Å².